The van der Waals surface area contributed by atoms with Crippen molar-refractivity contribution in [2.24, 2.45) is 0 Å². The maximum Gasteiger partial charge on any atom is 0.529 e. The average Bonchev–Trinajstić information content (AvgIpc) is 2.46. The molecule has 0 saturated carbocycles. The monoisotopic (exact) mass is 296 g/mol. The molecule has 5 heteroatoms. The fraction of sp³-hybridized carbons (Fsp3) is 0.467. The zero-order chi connectivity index (χ0) is 14.8. The lowest BCUT2D eigenvalue weighted by Crippen LogP contribution is -2.44. The van der Waals surface area contributed by atoms with Gasteiger partial charge in [-0.1, -0.05) is 18.2 Å². The van der Waals surface area contributed by atoms with Gasteiger partial charge in [0.05, 0.1) is 7.11 Å². The molecule has 0 radical (unpaired) electrons. The normalized spacial score (nSPS) is 12.0. The predicted molar refractivity (Wildman–Crippen MR) is 82.7 cm³/mol. The summed E-state index contributed by atoms with van der Waals surface area (Å²) in [6.45, 7) is 7.54. The van der Waals surface area contributed by atoms with Crippen molar-refractivity contribution >= 4 is 14.9 Å². The summed E-state index contributed by atoms with van der Waals surface area (Å²) in [4.78, 5) is 0. The second-order valence-electron chi connectivity index (χ2n) is 4.01. The van der Waals surface area contributed by atoms with Crippen molar-refractivity contribution in [3.63, 3.8) is 0 Å². The summed E-state index contributed by atoms with van der Waals surface area (Å²) >= 11 is 0. The minimum atomic E-state index is -2.71. The zero-order valence-corrected chi connectivity index (χ0v) is 13.7. The molecule has 4 nitrogen and oxygen atoms in total. The van der Waals surface area contributed by atoms with E-state index in [1.807, 2.05) is 56.8 Å². The van der Waals surface area contributed by atoms with Crippen LogP contribution in [0.4, 0.5) is 0 Å². The van der Waals surface area contributed by atoms with Gasteiger partial charge in [0.15, 0.2) is 0 Å². The SMILES string of the molecule is CCO[Si](/C=C/c1ccc(OC)cc1)(OCC)OCC. The largest absolute Gasteiger partial charge is 0.529 e. The van der Waals surface area contributed by atoms with Gasteiger partial charge in [-0.25, -0.2) is 0 Å². The molecule has 112 valence electrons. The van der Waals surface area contributed by atoms with Crippen molar-refractivity contribution in [3.8, 4) is 5.75 Å². The highest BCUT2D eigenvalue weighted by atomic mass is 28.4. The van der Waals surface area contributed by atoms with E-state index < -0.39 is 8.80 Å². The van der Waals surface area contributed by atoms with Crippen molar-refractivity contribution in [1.82, 2.24) is 0 Å². The van der Waals surface area contributed by atoms with Crippen LogP contribution in [0.3, 0.4) is 0 Å². The molecule has 0 atom stereocenters. The highest BCUT2D eigenvalue weighted by Crippen LogP contribution is 2.16. The number of ether oxygens (including phenoxy) is 1. The zero-order valence-electron chi connectivity index (χ0n) is 12.7. The first-order valence-electron chi connectivity index (χ1n) is 6.94. The van der Waals surface area contributed by atoms with Crippen LogP contribution in [0, 0.1) is 0 Å². The second-order valence-corrected chi connectivity index (χ2v) is 6.42. The standard InChI is InChI=1S/C15H24O4Si/c1-5-17-20(18-6-2,19-7-3)13-12-14-8-10-15(16-4)11-9-14/h8-13H,5-7H2,1-4H3/b13-12+. The van der Waals surface area contributed by atoms with Gasteiger partial charge in [0.2, 0.25) is 0 Å². The lowest BCUT2D eigenvalue weighted by molar-refractivity contribution is 0.0845. The molecule has 1 aromatic carbocycles. The molecule has 0 fully saturated rings. The summed E-state index contributed by atoms with van der Waals surface area (Å²) in [6.07, 6.45) is 1.98. The molecule has 0 bridgehead atoms. The Kier molecular flexibility index (Phi) is 7.54. The van der Waals surface area contributed by atoms with Crippen LogP contribution in [-0.2, 0) is 13.3 Å². The minimum absolute atomic E-state index is 0.569. The molecule has 0 aromatic heterocycles. The van der Waals surface area contributed by atoms with Gasteiger partial charge in [-0.2, -0.15) is 0 Å². The molecular formula is C15H24O4Si. The maximum absolute atomic E-state index is 5.76. The average molecular weight is 296 g/mol. The molecule has 1 rings (SSSR count). The van der Waals surface area contributed by atoms with Crippen molar-refractivity contribution in [1.29, 1.82) is 0 Å². The van der Waals surface area contributed by atoms with E-state index in [0.29, 0.717) is 19.8 Å². The predicted octanol–water partition coefficient (Wildman–Crippen LogP) is 3.30. The molecule has 0 aliphatic heterocycles. The van der Waals surface area contributed by atoms with Crippen molar-refractivity contribution < 1.29 is 18.0 Å². The first-order chi connectivity index (χ1) is 9.69. The Balaban J connectivity index is 2.87. The highest BCUT2D eigenvalue weighted by Gasteiger charge is 2.37. The van der Waals surface area contributed by atoms with E-state index in [2.05, 4.69) is 0 Å². The van der Waals surface area contributed by atoms with Gasteiger partial charge in [-0.3, -0.25) is 0 Å². The third kappa shape index (κ3) is 5.09. The van der Waals surface area contributed by atoms with Gasteiger partial charge in [-0.15, -0.1) is 0 Å². The number of methoxy groups -OCH3 is 1. The Morgan fingerprint density at radius 1 is 0.900 bits per heavy atom. The van der Waals surface area contributed by atoms with Gasteiger partial charge < -0.3 is 18.0 Å². The summed E-state index contributed by atoms with van der Waals surface area (Å²) in [5.74, 6) is 0.838. The van der Waals surface area contributed by atoms with Crippen LogP contribution in [0.1, 0.15) is 26.3 Å². The molecule has 0 heterocycles. The molecule has 0 unspecified atom stereocenters. The van der Waals surface area contributed by atoms with E-state index in [0.717, 1.165) is 11.3 Å². The van der Waals surface area contributed by atoms with Crippen molar-refractivity contribution in [2.45, 2.75) is 20.8 Å². The third-order valence-electron chi connectivity index (χ3n) is 2.63. The quantitative estimate of drug-likeness (QED) is 0.655. The molecular weight excluding hydrogens is 272 g/mol. The maximum atomic E-state index is 5.76. The van der Waals surface area contributed by atoms with Gasteiger partial charge >= 0.3 is 8.80 Å². The summed E-state index contributed by atoms with van der Waals surface area (Å²) in [6, 6.07) is 7.81. The summed E-state index contributed by atoms with van der Waals surface area (Å²) in [5, 5.41) is 0. The topological polar surface area (TPSA) is 36.9 Å². The number of benzene rings is 1. The summed E-state index contributed by atoms with van der Waals surface area (Å²) < 4.78 is 22.4. The molecule has 1 aromatic rings. The van der Waals surface area contributed by atoms with Crippen molar-refractivity contribution in [2.75, 3.05) is 26.9 Å². The first-order valence-corrected chi connectivity index (χ1v) is 8.75. The summed E-state index contributed by atoms with van der Waals surface area (Å²) in [5.41, 5.74) is 2.99. The van der Waals surface area contributed by atoms with Crippen LogP contribution in [-0.4, -0.2) is 35.7 Å². The van der Waals surface area contributed by atoms with Gasteiger partial charge in [-0.05, 0) is 44.2 Å². The van der Waals surface area contributed by atoms with E-state index in [1.165, 1.54) is 0 Å². The van der Waals surface area contributed by atoms with Crippen LogP contribution < -0.4 is 4.74 Å². The molecule has 0 aliphatic carbocycles. The Morgan fingerprint density at radius 2 is 1.40 bits per heavy atom. The van der Waals surface area contributed by atoms with E-state index in [-0.39, 0.29) is 0 Å². The molecule has 20 heavy (non-hydrogen) atoms. The van der Waals surface area contributed by atoms with Crippen molar-refractivity contribution in [3.05, 3.63) is 35.5 Å². The second kappa shape index (κ2) is 8.92. The third-order valence-corrected chi connectivity index (χ3v) is 5.28. The molecule has 0 N–H and O–H groups in total. The Bertz CT molecular complexity index is 386. The van der Waals surface area contributed by atoms with Crippen LogP contribution in [0.2, 0.25) is 0 Å². The van der Waals surface area contributed by atoms with Gasteiger partial charge in [0.1, 0.15) is 5.75 Å². The van der Waals surface area contributed by atoms with Crippen LogP contribution in [0.15, 0.2) is 30.0 Å². The number of hydrogen-bond acceptors (Lipinski definition) is 4. The Hall–Kier alpha value is -1.14. The lowest BCUT2D eigenvalue weighted by atomic mass is 10.2. The van der Waals surface area contributed by atoms with Gasteiger partial charge in [0.25, 0.3) is 0 Å². The number of rotatable bonds is 9. The van der Waals surface area contributed by atoms with Crippen LogP contribution >= 0.6 is 0 Å². The van der Waals surface area contributed by atoms with E-state index in [4.69, 9.17) is 18.0 Å². The van der Waals surface area contributed by atoms with E-state index in [9.17, 15) is 0 Å². The molecule has 0 spiro atoms. The Morgan fingerprint density at radius 3 is 1.80 bits per heavy atom. The Labute approximate surface area is 122 Å². The van der Waals surface area contributed by atoms with Crippen LogP contribution in [0.5, 0.6) is 5.75 Å². The van der Waals surface area contributed by atoms with E-state index in [1.54, 1.807) is 7.11 Å². The lowest BCUT2D eigenvalue weighted by Gasteiger charge is -2.25. The smallest absolute Gasteiger partial charge is 0.497 e. The van der Waals surface area contributed by atoms with Crippen LogP contribution in [0.25, 0.3) is 6.08 Å². The fourth-order valence-corrected chi connectivity index (χ4v) is 3.93. The van der Waals surface area contributed by atoms with Gasteiger partial charge in [0, 0.05) is 19.8 Å². The molecule has 0 amide bonds. The number of hydrogen-bond donors (Lipinski definition) is 0. The fourth-order valence-electron chi connectivity index (χ4n) is 1.79. The highest BCUT2D eigenvalue weighted by molar-refractivity contribution is 6.67. The first kappa shape index (κ1) is 16.9. The molecule has 0 saturated heterocycles. The van der Waals surface area contributed by atoms with E-state index >= 15 is 0 Å². The minimum Gasteiger partial charge on any atom is -0.497 e. The summed E-state index contributed by atoms with van der Waals surface area (Å²) in [7, 11) is -1.06. The molecule has 0 aliphatic rings.